The minimum absolute atomic E-state index is 0.578. The third kappa shape index (κ3) is 3.74. The van der Waals surface area contributed by atoms with E-state index in [-0.39, 0.29) is 0 Å². The van der Waals surface area contributed by atoms with Gasteiger partial charge in [-0.2, -0.15) is 0 Å². The Kier molecular flexibility index (Phi) is 5.37. The van der Waals surface area contributed by atoms with Gasteiger partial charge in [-0.15, -0.1) is 0 Å². The van der Waals surface area contributed by atoms with Crippen molar-refractivity contribution >= 4 is 33.9 Å². The smallest absolute Gasteiger partial charge is 0.162 e. The van der Waals surface area contributed by atoms with Gasteiger partial charge in [-0.3, -0.25) is 4.98 Å². The molecular weight excluding hydrogens is 428 g/mol. The van der Waals surface area contributed by atoms with E-state index in [1.165, 1.54) is 0 Å². The van der Waals surface area contributed by atoms with Crippen molar-refractivity contribution < 1.29 is 18.9 Å². The van der Waals surface area contributed by atoms with Gasteiger partial charge in [-0.05, 0) is 48.5 Å². The van der Waals surface area contributed by atoms with Gasteiger partial charge in [0, 0.05) is 34.4 Å². The van der Waals surface area contributed by atoms with Gasteiger partial charge in [0.1, 0.15) is 23.9 Å². The van der Waals surface area contributed by atoms with Gasteiger partial charge in [-0.25, -0.2) is 0 Å². The number of ether oxygens (including phenoxy) is 4. The number of nitrogens with zero attached hydrogens (tertiary/aromatic N) is 2. The third-order valence-corrected chi connectivity index (χ3v) is 5.62. The van der Waals surface area contributed by atoms with Crippen LogP contribution in [0.2, 0.25) is 5.02 Å². The van der Waals surface area contributed by atoms with Crippen molar-refractivity contribution in [3.05, 3.63) is 71.9 Å². The van der Waals surface area contributed by atoms with Crippen LogP contribution in [0.5, 0.6) is 28.7 Å². The van der Waals surface area contributed by atoms with Crippen LogP contribution in [0.4, 0.5) is 11.4 Å². The van der Waals surface area contributed by atoms with E-state index in [1.54, 1.807) is 20.4 Å². The molecule has 0 N–H and O–H groups in total. The number of fused-ring (bicyclic) bond motifs is 2. The highest BCUT2D eigenvalue weighted by atomic mass is 35.5. The Hall–Kier alpha value is -3.64. The molecule has 32 heavy (non-hydrogen) atoms. The SMILES string of the molecule is COc1cc2nccc(Oc3ccc4c(c3)OCCN4c3ccc(Cl)cc3)c2cc1OC. The van der Waals surface area contributed by atoms with Crippen LogP contribution in [-0.4, -0.2) is 32.4 Å². The molecule has 1 aromatic heterocycles. The molecule has 0 saturated heterocycles. The highest BCUT2D eigenvalue weighted by Gasteiger charge is 2.21. The summed E-state index contributed by atoms with van der Waals surface area (Å²) in [5.41, 5.74) is 2.80. The summed E-state index contributed by atoms with van der Waals surface area (Å²) in [6.45, 7) is 1.33. The topological polar surface area (TPSA) is 53.0 Å². The molecule has 2 heterocycles. The number of benzene rings is 3. The Balaban J connectivity index is 1.48. The number of anilines is 2. The second-order valence-electron chi connectivity index (χ2n) is 7.24. The summed E-state index contributed by atoms with van der Waals surface area (Å²) >= 11 is 6.05. The first-order valence-corrected chi connectivity index (χ1v) is 10.5. The quantitative estimate of drug-likeness (QED) is 0.361. The van der Waals surface area contributed by atoms with Gasteiger partial charge in [-0.1, -0.05) is 11.6 Å². The van der Waals surface area contributed by atoms with E-state index in [0.717, 1.165) is 34.6 Å². The van der Waals surface area contributed by atoms with Crippen molar-refractivity contribution in [2.45, 2.75) is 0 Å². The van der Waals surface area contributed by atoms with Crippen LogP contribution >= 0.6 is 11.6 Å². The molecule has 3 aromatic carbocycles. The van der Waals surface area contributed by atoms with E-state index in [9.17, 15) is 0 Å². The molecule has 0 aliphatic carbocycles. The molecule has 4 aromatic rings. The Labute approximate surface area is 190 Å². The predicted molar refractivity (Wildman–Crippen MR) is 125 cm³/mol. The largest absolute Gasteiger partial charge is 0.493 e. The summed E-state index contributed by atoms with van der Waals surface area (Å²) < 4.78 is 23.0. The van der Waals surface area contributed by atoms with Crippen molar-refractivity contribution in [2.24, 2.45) is 0 Å². The molecule has 0 atom stereocenters. The lowest BCUT2D eigenvalue weighted by Crippen LogP contribution is -2.28. The van der Waals surface area contributed by atoms with E-state index in [0.29, 0.717) is 34.6 Å². The van der Waals surface area contributed by atoms with Crippen molar-refractivity contribution in [1.29, 1.82) is 0 Å². The maximum atomic E-state index is 6.24. The number of hydrogen-bond donors (Lipinski definition) is 0. The van der Waals surface area contributed by atoms with E-state index in [4.69, 9.17) is 30.5 Å². The Morgan fingerprint density at radius 1 is 0.906 bits per heavy atom. The highest BCUT2D eigenvalue weighted by molar-refractivity contribution is 6.30. The molecule has 0 saturated carbocycles. The first-order chi connectivity index (χ1) is 15.7. The van der Waals surface area contributed by atoms with Crippen LogP contribution in [0, 0.1) is 0 Å². The summed E-state index contributed by atoms with van der Waals surface area (Å²) in [7, 11) is 3.21. The minimum Gasteiger partial charge on any atom is -0.493 e. The average molecular weight is 449 g/mol. The Bertz CT molecular complexity index is 1280. The number of aromatic nitrogens is 1. The third-order valence-electron chi connectivity index (χ3n) is 5.37. The van der Waals surface area contributed by atoms with Crippen LogP contribution < -0.4 is 23.8 Å². The first kappa shape index (κ1) is 20.3. The summed E-state index contributed by atoms with van der Waals surface area (Å²) in [5.74, 6) is 3.34. The summed E-state index contributed by atoms with van der Waals surface area (Å²) in [4.78, 5) is 6.64. The van der Waals surface area contributed by atoms with Crippen LogP contribution in [0.25, 0.3) is 10.9 Å². The summed E-state index contributed by atoms with van der Waals surface area (Å²) in [6.07, 6.45) is 1.71. The average Bonchev–Trinajstić information content (AvgIpc) is 2.83. The molecule has 5 rings (SSSR count). The fourth-order valence-electron chi connectivity index (χ4n) is 3.82. The zero-order chi connectivity index (χ0) is 22.1. The van der Waals surface area contributed by atoms with Crippen molar-refractivity contribution in [3.63, 3.8) is 0 Å². The molecule has 162 valence electrons. The lowest BCUT2D eigenvalue weighted by atomic mass is 10.1. The minimum atomic E-state index is 0.578. The number of hydrogen-bond acceptors (Lipinski definition) is 6. The second-order valence-corrected chi connectivity index (χ2v) is 7.68. The van der Waals surface area contributed by atoms with Crippen LogP contribution in [0.3, 0.4) is 0 Å². The number of halogens is 1. The maximum absolute atomic E-state index is 6.24. The zero-order valence-electron chi connectivity index (χ0n) is 17.7. The van der Waals surface area contributed by atoms with Gasteiger partial charge in [0.15, 0.2) is 11.5 Å². The lowest BCUT2D eigenvalue weighted by molar-refractivity contribution is 0.312. The maximum Gasteiger partial charge on any atom is 0.162 e. The molecule has 1 aliphatic heterocycles. The number of pyridine rings is 1. The molecule has 0 spiro atoms. The Morgan fingerprint density at radius 2 is 1.69 bits per heavy atom. The number of methoxy groups -OCH3 is 2. The lowest BCUT2D eigenvalue weighted by Gasteiger charge is -2.31. The van der Waals surface area contributed by atoms with Crippen molar-refractivity contribution in [3.8, 4) is 28.7 Å². The van der Waals surface area contributed by atoms with E-state index in [1.807, 2.05) is 60.7 Å². The van der Waals surface area contributed by atoms with E-state index < -0.39 is 0 Å². The van der Waals surface area contributed by atoms with Gasteiger partial charge in [0.25, 0.3) is 0 Å². The van der Waals surface area contributed by atoms with Gasteiger partial charge in [0.2, 0.25) is 0 Å². The molecule has 0 amide bonds. The first-order valence-electron chi connectivity index (χ1n) is 10.1. The molecule has 7 heteroatoms. The molecule has 6 nitrogen and oxygen atoms in total. The van der Waals surface area contributed by atoms with Gasteiger partial charge < -0.3 is 23.8 Å². The van der Waals surface area contributed by atoms with Crippen LogP contribution in [-0.2, 0) is 0 Å². The molecule has 0 unspecified atom stereocenters. The molecule has 0 bridgehead atoms. The monoisotopic (exact) mass is 448 g/mol. The van der Waals surface area contributed by atoms with E-state index >= 15 is 0 Å². The fraction of sp³-hybridized carbons (Fsp3) is 0.160. The van der Waals surface area contributed by atoms with Gasteiger partial charge >= 0.3 is 0 Å². The van der Waals surface area contributed by atoms with Crippen LogP contribution in [0.15, 0.2) is 66.9 Å². The second kappa shape index (κ2) is 8.48. The molecular formula is C25H21ClN2O4. The summed E-state index contributed by atoms with van der Waals surface area (Å²) in [6, 6.07) is 19.2. The van der Waals surface area contributed by atoms with E-state index in [2.05, 4.69) is 9.88 Å². The fourth-order valence-corrected chi connectivity index (χ4v) is 3.94. The zero-order valence-corrected chi connectivity index (χ0v) is 18.4. The molecule has 0 radical (unpaired) electrons. The summed E-state index contributed by atoms with van der Waals surface area (Å²) in [5, 5.41) is 1.54. The standard InChI is InChI=1S/C25H21ClN2O4/c1-29-24-14-19-20(15-25(24)30-2)27-10-9-22(19)32-18-7-8-21-23(13-18)31-12-11-28(21)17-5-3-16(26)4-6-17/h3-10,13-15H,11-12H2,1-2H3. The predicted octanol–water partition coefficient (Wildman–Crippen LogP) is 6.23. The van der Waals surface area contributed by atoms with Crippen molar-refractivity contribution in [1.82, 2.24) is 4.98 Å². The van der Waals surface area contributed by atoms with Crippen molar-refractivity contribution in [2.75, 3.05) is 32.3 Å². The molecule has 0 fully saturated rings. The Morgan fingerprint density at radius 3 is 2.47 bits per heavy atom. The number of rotatable bonds is 5. The molecule has 1 aliphatic rings. The normalized spacial score (nSPS) is 12.8. The van der Waals surface area contributed by atoms with Crippen LogP contribution in [0.1, 0.15) is 0 Å². The highest BCUT2D eigenvalue weighted by Crippen LogP contribution is 2.41. The van der Waals surface area contributed by atoms with Gasteiger partial charge in [0.05, 0.1) is 32.0 Å².